The Morgan fingerprint density at radius 3 is 2.55 bits per heavy atom. The normalized spacial score (nSPS) is 20.4. The van der Waals surface area contributed by atoms with Crippen LogP contribution >= 0.6 is 0 Å². The van der Waals surface area contributed by atoms with Gasteiger partial charge in [0.1, 0.15) is 11.8 Å². The molecule has 8 heteroatoms. The lowest BCUT2D eigenvalue weighted by Gasteiger charge is -2.44. The van der Waals surface area contributed by atoms with Crippen LogP contribution in [0, 0.1) is 11.6 Å². The molecule has 4 rings (SSSR count). The lowest BCUT2D eigenvalue weighted by molar-refractivity contribution is -0.155. The van der Waals surface area contributed by atoms with Crippen LogP contribution in [0.1, 0.15) is 30.7 Å². The standard InChI is InChI=1S/C30H32F2N2O4/c1-4-10-20(5-2)28(21-11-7-6-8-12-21)29(35)34-15-13-22(17-26(34)30(36)37-3)33-14-9-16-38-27-19-24(32)23(31)18-25(27)33/h4-8,10-12,18-19,22,26,28H,1-2,9,13-17H2,3H3/b20-10+. The van der Waals surface area contributed by atoms with Gasteiger partial charge in [-0.05, 0) is 30.4 Å². The molecule has 2 heterocycles. The maximum Gasteiger partial charge on any atom is 0.328 e. The van der Waals surface area contributed by atoms with Gasteiger partial charge in [-0.25, -0.2) is 13.6 Å². The Balaban J connectivity index is 1.67. The number of anilines is 1. The number of carbonyl (C=O) groups is 2. The Morgan fingerprint density at radius 2 is 1.87 bits per heavy atom. The summed E-state index contributed by atoms with van der Waals surface area (Å²) in [5.74, 6) is -3.13. The zero-order chi connectivity index (χ0) is 27.2. The number of rotatable bonds is 7. The summed E-state index contributed by atoms with van der Waals surface area (Å²) < 4.78 is 38.9. The number of benzene rings is 2. The second-order valence-corrected chi connectivity index (χ2v) is 9.33. The van der Waals surface area contributed by atoms with E-state index in [1.54, 1.807) is 23.1 Å². The van der Waals surface area contributed by atoms with E-state index < -0.39 is 29.6 Å². The van der Waals surface area contributed by atoms with Gasteiger partial charge in [-0.1, -0.05) is 61.7 Å². The van der Waals surface area contributed by atoms with Crippen LogP contribution in [0.2, 0.25) is 0 Å². The Bertz CT molecular complexity index is 1230. The first-order valence-corrected chi connectivity index (χ1v) is 12.7. The molecule has 1 amide bonds. The molecule has 0 aromatic heterocycles. The maximum absolute atomic E-state index is 14.2. The first-order valence-electron chi connectivity index (χ1n) is 12.7. The van der Waals surface area contributed by atoms with E-state index in [2.05, 4.69) is 13.2 Å². The van der Waals surface area contributed by atoms with Gasteiger partial charge in [0.15, 0.2) is 11.6 Å². The molecule has 3 unspecified atom stereocenters. The number of amides is 1. The van der Waals surface area contributed by atoms with Crippen molar-refractivity contribution in [3.05, 3.63) is 96.6 Å². The monoisotopic (exact) mass is 522 g/mol. The van der Waals surface area contributed by atoms with Crippen molar-refractivity contribution < 1.29 is 27.8 Å². The van der Waals surface area contributed by atoms with Gasteiger partial charge in [0.2, 0.25) is 5.91 Å². The fraction of sp³-hybridized carbons (Fsp3) is 0.333. The van der Waals surface area contributed by atoms with Gasteiger partial charge in [-0.2, -0.15) is 0 Å². The number of methoxy groups -OCH3 is 1. The topological polar surface area (TPSA) is 59.1 Å². The highest BCUT2D eigenvalue weighted by molar-refractivity contribution is 5.92. The molecule has 0 aliphatic carbocycles. The number of fused-ring (bicyclic) bond motifs is 1. The minimum atomic E-state index is -0.976. The minimum absolute atomic E-state index is 0.216. The fourth-order valence-corrected chi connectivity index (χ4v) is 5.34. The van der Waals surface area contributed by atoms with E-state index in [4.69, 9.17) is 9.47 Å². The highest BCUT2D eigenvalue weighted by atomic mass is 19.2. The molecule has 1 saturated heterocycles. The SMILES string of the molecule is C=C/C=C(\C=C)C(C(=O)N1CCC(N2CCCOc3cc(F)c(F)cc32)CC1C(=O)OC)c1ccccc1. The third-order valence-corrected chi connectivity index (χ3v) is 7.14. The Kier molecular flexibility index (Phi) is 8.61. The summed E-state index contributed by atoms with van der Waals surface area (Å²) in [7, 11) is 1.29. The summed E-state index contributed by atoms with van der Waals surface area (Å²) in [6.45, 7) is 8.84. The predicted molar refractivity (Wildman–Crippen MR) is 142 cm³/mol. The fourth-order valence-electron chi connectivity index (χ4n) is 5.34. The summed E-state index contributed by atoms with van der Waals surface area (Å²) in [6.07, 6.45) is 6.40. The third-order valence-electron chi connectivity index (χ3n) is 7.14. The van der Waals surface area contributed by atoms with Crippen LogP contribution in [0.25, 0.3) is 0 Å². The van der Waals surface area contributed by atoms with Crippen molar-refractivity contribution in [3.8, 4) is 5.75 Å². The number of nitrogens with zero attached hydrogens (tertiary/aromatic N) is 2. The van der Waals surface area contributed by atoms with Crippen molar-refractivity contribution >= 4 is 17.6 Å². The zero-order valence-electron chi connectivity index (χ0n) is 21.4. The van der Waals surface area contributed by atoms with Crippen LogP contribution in [0.5, 0.6) is 5.75 Å². The average molecular weight is 523 g/mol. The Morgan fingerprint density at radius 1 is 1.13 bits per heavy atom. The van der Waals surface area contributed by atoms with Gasteiger partial charge in [0.25, 0.3) is 0 Å². The molecule has 0 bridgehead atoms. The summed E-state index contributed by atoms with van der Waals surface area (Å²) >= 11 is 0. The van der Waals surface area contributed by atoms with Gasteiger partial charge in [0.05, 0.1) is 25.3 Å². The molecule has 0 radical (unpaired) electrons. The molecule has 0 saturated carbocycles. The van der Waals surface area contributed by atoms with Crippen LogP contribution in [-0.4, -0.2) is 55.7 Å². The van der Waals surface area contributed by atoms with E-state index in [1.807, 2.05) is 35.2 Å². The smallest absolute Gasteiger partial charge is 0.328 e. The number of ether oxygens (including phenoxy) is 2. The number of likely N-dealkylation sites (tertiary alicyclic amines) is 1. The molecule has 38 heavy (non-hydrogen) atoms. The minimum Gasteiger partial charge on any atom is -0.491 e. The summed E-state index contributed by atoms with van der Waals surface area (Å²) in [5.41, 5.74) is 1.88. The number of hydrogen-bond donors (Lipinski definition) is 0. The van der Waals surface area contributed by atoms with E-state index in [9.17, 15) is 18.4 Å². The lowest BCUT2D eigenvalue weighted by atomic mass is 9.86. The van der Waals surface area contributed by atoms with Crippen LogP contribution in [0.15, 0.2) is 79.4 Å². The molecule has 2 aromatic rings. The van der Waals surface area contributed by atoms with Gasteiger partial charge < -0.3 is 19.3 Å². The van der Waals surface area contributed by atoms with Crippen molar-refractivity contribution in [2.45, 2.75) is 37.3 Å². The van der Waals surface area contributed by atoms with Gasteiger partial charge in [-0.3, -0.25) is 4.79 Å². The van der Waals surface area contributed by atoms with Crippen LogP contribution < -0.4 is 9.64 Å². The van der Waals surface area contributed by atoms with Crippen LogP contribution in [0.3, 0.4) is 0 Å². The lowest BCUT2D eigenvalue weighted by Crippen LogP contribution is -2.56. The van der Waals surface area contributed by atoms with Crippen LogP contribution in [-0.2, 0) is 14.3 Å². The molecule has 6 nitrogen and oxygen atoms in total. The predicted octanol–water partition coefficient (Wildman–Crippen LogP) is 5.17. The number of carbonyl (C=O) groups excluding carboxylic acids is 2. The number of hydrogen-bond acceptors (Lipinski definition) is 5. The molecular formula is C30H32F2N2O4. The molecule has 0 spiro atoms. The quantitative estimate of drug-likeness (QED) is 0.371. The highest BCUT2D eigenvalue weighted by Gasteiger charge is 2.42. The molecular weight excluding hydrogens is 490 g/mol. The number of halogens is 2. The van der Waals surface area contributed by atoms with E-state index in [1.165, 1.54) is 7.11 Å². The highest BCUT2D eigenvalue weighted by Crippen LogP contribution is 2.38. The number of piperidine rings is 1. The number of allylic oxidation sites excluding steroid dienone is 3. The second-order valence-electron chi connectivity index (χ2n) is 9.33. The summed E-state index contributed by atoms with van der Waals surface area (Å²) in [5, 5.41) is 0. The third kappa shape index (κ3) is 5.49. The largest absolute Gasteiger partial charge is 0.491 e. The first-order chi connectivity index (χ1) is 18.4. The van der Waals surface area contributed by atoms with Crippen molar-refractivity contribution in [1.29, 1.82) is 0 Å². The first kappa shape index (κ1) is 27.1. The zero-order valence-corrected chi connectivity index (χ0v) is 21.4. The van der Waals surface area contributed by atoms with Crippen molar-refractivity contribution in [2.24, 2.45) is 0 Å². The molecule has 200 valence electrons. The molecule has 2 aromatic carbocycles. The van der Waals surface area contributed by atoms with E-state index >= 15 is 0 Å². The van der Waals surface area contributed by atoms with Gasteiger partial charge in [0, 0.05) is 31.3 Å². The van der Waals surface area contributed by atoms with Gasteiger partial charge in [-0.15, -0.1) is 0 Å². The summed E-state index contributed by atoms with van der Waals surface area (Å²) in [4.78, 5) is 30.7. The molecule has 3 atom stereocenters. The average Bonchev–Trinajstić information content (AvgIpc) is 3.14. The molecule has 1 fully saturated rings. The molecule has 2 aliphatic rings. The van der Waals surface area contributed by atoms with Crippen molar-refractivity contribution in [3.63, 3.8) is 0 Å². The Hall–Kier alpha value is -3.94. The maximum atomic E-state index is 14.2. The number of esters is 1. The van der Waals surface area contributed by atoms with Crippen molar-refractivity contribution in [2.75, 3.05) is 31.7 Å². The van der Waals surface area contributed by atoms with Crippen molar-refractivity contribution in [1.82, 2.24) is 4.90 Å². The van der Waals surface area contributed by atoms with Crippen LogP contribution in [0.4, 0.5) is 14.5 Å². The molecule has 2 aliphatic heterocycles. The van der Waals surface area contributed by atoms with Gasteiger partial charge >= 0.3 is 5.97 Å². The summed E-state index contributed by atoms with van der Waals surface area (Å²) in [6, 6.07) is 10.4. The van der Waals surface area contributed by atoms with E-state index in [-0.39, 0.29) is 30.7 Å². The molecule has 0 N–H and O–H groups in total. The van der Waals surface area contributed by atoms with E-state index in [0.717, 1.165) is 17.7 Å². The second kappa shape index (κ2) is 12.1. The van der Waals surface area contributed by atoms with E-state index in [0.29, 0.717) is 37.3 Å². The Labute approximate surface area is 221 Å².